The molecule has 3 amide bonds. The Kier molecular flexibility index (Phi) is 9.07. The van der Waals surface area contributed by atoms with Crippen LogP contribution in [0.15, 0.2) is 36.8 Å². The number of fused-ring (bicyclic) bond motifs is 1. The molecule has 0 saturated carbocycles. The van der Waals surface area contributed by atoms with E-state index in [2.05, 4.69) is 36.1 Å². The van der Waals surface area contributed by atoms with E-state index in [0.717, 1.165) is 31.4 Å². The average Bonchev–Trinajstić information content (AvgIpc) is 3.79. The molecule has 11 nitrogen and oxygen atoms in total. The molecule has 4 saturated heterocycles. The minimum Gasteiger partial charge on any atom is -0.381 e. The molecule has 0 bridgehead atoms. The first-order valence-corrected chi connectivity index (χ1v) is 16.1. The molecular weight excluding hydrogens is 562 g/mol. The summed E-state index contributed by atoms with van der Waals surface area (Å²) in [6, 6.07) is 6.77. The maximum absolute atomic E-state index is 14.3. The van der Waals surface area contributed by atoms with Crippen molar-refractivity contribution in [1.82, 2.24) is 20.2 Å². The van der Waals surface area contributed by atoms with E-state index in [1.54, 1.807) is 4.90 Å². The fourth-order valence-electron chi connectivity index (χ4n) is 6.92. The van der Waals surface area contributed by atoms with Crippen LogP contribution in [0.3, 0.4) is 0 Å². The fraction of sp³-hybridized carbons (Fsp3) is 0.636. The second kappa shape index (κ2) is 13.0. The van der Waals surface area contributed by atoms with Gasteiger partial charge in [0.2, 0.25) is 11.8 Å². The maximum atomic E-state index is 14.3. The number of likely N-dealkylation sites (tertiary alicyclic amines) is 1. The maximum Gasteiger partial charge on any atom is 0.277 e. The van der Waals surface area contributed by atoms with Crippen molar-refractivity contribution >= 4 is 23.4 Å². The number of H-pyrrole nitrogens is 1. The number of rotatable bonds is 7. The summed E-state index contributed by atoms with van der Waals surface area (Å²) in [6.07, 6.45) is 6.56. The lowest BCUT2D eigenvalue weighted by molar-refractivity contribution is -0.141. The Morgan fingerprint density at radius 2 is 1.84 bits per heavy atom. The summed E-state index contributed by atoms with van der Waals surface area (Å²) in [6.45, 7) is 9.41. The van der Waals surface area contributed by atoms with Gasteiger partial charge in [-0.2, -0.15) is 0 Å². The molecule has 0 spiro atoms. The first kappa shape index (κ1) is 30.7. The Morgan fingerprint density at radius 1 is 1.07 bits per heavy atom. The first-order chi connectivity index (χ1) is 21.2. The van der Waals surface area contributed by atoms with Crippen LogP contribution in [0.5, 0.6) is 0 Å². The number of imidazole rings is 1. The van der Waals surface area contributed by atoms with Gasteiger partial charge in [-0.25, -0.2) is 4.98 Å². The van der Waals surface area contributed by atoms with Crippen LogP contribution in [0.2, 0.25) is 0 Å². The summed E-state index contributed by atoms with van der Waals surface area (Å²) in [5.41, 5.74) is 1.94. The molecule has 2 N–H and O–H groups in total. The lowest BCUT2D eigenvalue weighted by Gasteiger charge is -2.38. The number of piperidine rings is 1. The Labute approximate surface area is 259 Å². The molecule has 44 heavy (non-hydrogen) atoms. The highest BCUT2D eigenvalue weighted by Crippen LogP contribution is 2.39. The van der Waals surface area contributed by atoms with Crippen LogP contribution >= 0.6 is 0 Å². The summed E-state index contributed by atoms with van der Waals surface area (Å²) in [4.78, 5) is 52.0. The number of carbonyl (C=O) groups excluding carboxylic acids is 3. The third kappa shape index (κ3) is 6.55. The monoisotopic (exact) mass is 607 g/mol. The predicted molar refractivity (Wildman–Crippen MR) is 163 cm³/mol. The summed E-state index contributed by atoms with van der Waals surface area (Å²) in [5.74, 6) is -0.378. The molecule has 11 heteroatoms. The van der Waals surface area contributed by atoms with Gasteiger partial charge in [-0.15, -0.1) is 0 Å². The third-order valence-corrected chi connectivity index (χ3v) is 9.52. The van der Waals surface area contributed by atoms with Crippen molar-refractivity contribution in [3.63, 3.8) is 0 Å². The minimum absolute atomic E-state index is 0.0723. The van der Waals surface area contributed by atoms with E-state index < -0.39 is 12.1 Å². The molecule has 5 unspecified atom stereocenters. The van der Waals surface area contributed by atoms with Crippen LogP contribution in [0.1, 0.15) is 75.3 Å². The summed E-state index contributed by atoms with van der Waals surface area (Å²) in [5, 5.41) is 3.24. The molecule has 1 aromatic carbocycles. The fourth-order valence-corrected chi connectivity index (χ4v) is 6.92. The number of ether oxygens (including phenoxy) is 3. The zero-order valence-corrected chi connectivity index (χ0v) is 26.0. The van der Waals surface area contributed by atoms with E-state index >= 15 is 0 Å². The van der Waals surface area contributed by atoms with Crippen molar-refractivity contribution in [2.24, 2.45) is 11.8 Å². The molecule has 0 radical (unpaired) electrons. The molecule has 5 heterocycles. The molecule has 238 valence electrons. The van der Waals surface area contributed by atoms with Crippen molar-refractivity contribution in [2.45, 2.75) is 89.2 Å². The van der Waals surface area contributed by atoms with Crippen LogP contribution in [0, 0.1) is 11.8 Å². The summed E-state index contributed by atoms with van der Waals surface area (Å²) >= 11 is 0. The van der Waals surface area contributed by atoms with Gasteiger partial charge in [0, 0.05) is 37.3 Å². The molecule has 2 aromatic rings. The quantitative estimate of drug-likeness (QED) is 0.494. The number of carbonyl (C=O) groups is 3. The van der Waals surface area contributed by atoms with E-state index in [1.165, 1.54) is 12.5 Å². The highest BCUT2D eigenvalue weighted by Gasteiger charge is 2.48. The number of anilines is 1. The second-order valence-corrected chi connectivity index (χ2v) is 13.6. The van der Waals surface area contributed by atoms with E-state index in [0.29, 0.717) is 51.3 Å². The van der Waals surface area contributed by atoms with E-state index in [1.807, 2.05) is 29.2 Å². The van der Waals surface area contributed by atoms with Gasteiger partial charge in [-0.3, -0.25) is 19.3 Å². The number of aromatic nitrogens is 2. The Bertz CT molecular complexity index is 1280. The van der Waals surface area contributed by atoms with Crippen LogP contribution in [0.25, 0.3) is 0 Å². The van der Waals surface area contributed by atoms with Gasteiger partial charge >= 0.3 is 0 Å². The third-order valence-electron chi connectivity index (χ3n) is 9.52. The van der Waals surface area contributed by atoms with Gasteiger partial charge < -0.3 is 29.4 Å². The van der Waals surface area contributed by atoms with E-state index in [-0.39, 0.29) is 53.0 Å². The molecule has 6 rings (SSSR count). The number of hydrogen-bond donors (Lipinski definition) is 2. The number of nitrogens with zero attached hydrogens (tertiary/aromatic N) is 3. The minimum atomic E-state index is -0.931. The van der Waals surface area contributed by atoms with Gasteiger partial charge in [-0.1, -0.05) is 32.9 Å². The Hall–Kier alpha value is -3.28. The number of amides is 3. The zero-order chi connectivity index (χ0) is 30.8. The number of benzene rings is 1. The van der Waals surface area contributed by atoms with Crippen molar-refractivity contribution < 1.29 is 28.6 Å². The van der Waals surface area contributed by atoms with Crippen molar-refractivity contribution in [3.8, 4) is 0 Å². The highest BCUT2D eigenvalue weighted by atomic mass is 16.7. The Balaban J connectivity index is 1.24. The van der Waals surface area contributed by atoms with Crippen molar-refractivity contribution in [1.29, 1.82) is 0 Å². The second-order valence-electron chi connectivity index (χ2n) is 13.6. The van der Waals surface area contributed by atoms with E-state index in [4.69, 9.17) is 14.2 Å². The summed E-state index contributed by atoms with van der Waals surface area (Å²) < 4.78 is 17.7. The molecule has 1 aromatic heterocycles. The highest BCUT2D eigenvalue weighted by molar-refractivity contribution is 6.09. The summed E-state index contributed by atoms with van der Waals surface area (Å²) in [7, 11) is 0. The number of nitrogens with one attached hydrogen (secondary N) is 2. The first-order valence-electron chi connectivity index (χ1n) is 16.1. The molecule has 4 fully saturated rings. The average molecular weight is 608 g/mol. The van der Waals surface area contributed by atoms with Gasteiger partial charge in [0.25, 0.3) is 5.91 Å². The normalized spacial score (nSPS) is 26.7. The molecule has 0 aliphatic carbocycles. The molecule has 4 aliphatic rings. The van der Waals surface area contributed by atoms with Crippen LogP contribution in [-0.4, -0.2) is 90.0 Å². The number of aromatic amines is 1. The lowest BCUT2D eigenvalue weighted by Crippen LogP contribution is -2.59. The zero-order valence-electron chi connectivity index (χ0n) is 26.0. The van der Waals surface area contributed by atoms with Crippen molar-refractivity contribution in [2.75, 3.05) is 37.8 Å². The largest absolute Gasteiger partial charge is 0.381 e. The molecule has 5 atom stereocenters. The van der Waals surface area contributed by atoms with Crippen molar-refractivity contribution in [3.05, 3.63) is 48.0 Å². The lowest BCUT2D eigenvalue weighted by atomic mass is 9.87. The number of hydrogen-bond acceptors (Lipinski definition) is 7. The van der Waals surface area contributed by atoms with Gasteiger partial charge in [-0.05, 0) is 61.6 Å². The van der Waals surface area contributed by atoms with Crippen LogP contribution in [-0.2, 0) is 29.2 Å². The van der Waals surface area contributed by atoms with E-state index in [9.17, 15) is 14.4 Å². The standard InChI is InChI=1S/C33H45N5O6/c1-33(2,3)23-6-8-25(9-7-23)38(31(41)26-18-34-20-35-26)28(27-17-21-12-16-43-32(21)44-27)29(39)36-24-10-13-37(14-11-24)30(40)22-5-4-15-42-19-22/h6-9,18,20-22,24,27-28,32H,4-5,10-17,19H2,1-3H3,(H,34,35)(H,36,39). The predicted octanol–water partition coefficient (Wildman–Crippen LogP) is 3.41. The van der Waals surface area contributed by atoms with Gasteiger partial charge in [0.05, 0.1) is 37.8 Å². The smallest absolute Gasteiger partial charge is 0.277 e. The Morgan fingerprint density at radius 3 is 2.48 bits per heavy atom. The van der Waals surface area contributed by atoms with Gasteiger partial charge in [0.15, 0.2) is 6.29 Å². The SMILES string of the molecule is CC(C)(C)c1ccc(N(C(=O)c2cnc[nH]2)C(C(=O)NC2CCN(C(=O)C3CCCOC3)CC2)C2CC3CCOC3O2)cc1. The molecular formula is C33H45N5O6. The van der Waals surface area contributed by atoms with Crippen LogP contribution in [0.4, 0.5) is 5.69 Å². The van der Waals surface area contributed by atoms with Crippen LogP contribution < -0.4 is 10.2 Å². The van der Waals surface area contributed by atoms with Gasteiger partial charge in [0.1, 0.15) is 11.7 Å². The topological polar surface area (TPSA) is 126 Å². The molecule has 4 aliphatic heterocycles.